The number of carbonyl (C=O) groups is 1. The molecule has 1 aromatic carbocycles. The minimum Gasteiger partial charge on any atom is -0.550 e. The van der Waals surface area contributed by atoms with Crippen LogP contribution in [-0.4, -0.2) is 104 Å². The van der Waals surface area contributed by atoms with Gasteiger partial charge in [0.1, 0.15) is 18.0 Å². The van der Waals surface area contributed by atoms with Gasteiger partial charge in [-0.1, -0.05) is 13.8 Å². The Labute approximate surface area is 233 Å². The number of nitrogens with zero attached hydrogens (tertiary/aromatic N) is 3. The van der Waals surface area contributed by atoms with Gasteiger partial charge in [0.2, 0.25) is 16.0 Å². The number of aliphatic carboxylic acids is 1. The van der Waals surface area contributed by atoms with Crippen molar-refractivity contribution in [2.45, 2.75) is 57.0 Å². The second-order valence-corrected chi connectivity index (χ2v) is 10.6. The quantitative estimate of drug-likeness (QED) is 0.318. The van der Waals surface area contributed by atoms with Crippen LogP contribution in [0.1, 0.15) is 50.0 Å². The first kappa shape index (κ1) is 29.8. The number of aromatic nitrogens is 2. The van der Waals surface area contributed by atoms with Crippen LogP contribution in [-0.2, 0) is 19.6 Å². The topological polar surface area (TPSA) is 156 Å². The van der Waals surface area contributed by atoms with E-state index in [-0.39, 0.29) is 56.0 Å². The van der Waals surface area contributed by atoms with E-state index in [9.17, 15) is 32.9 Å². The predicted molar refractivity (Wildman–Crippen MR) is 124 cm³/mol. The van der Waals surface area contributed by atoms with Crippen molar-refractivity contribution in [1.29, 1.82) is 0 Å². The molecule has 0 saturated carbocycles. The summed E-state index contributed by atoms with van der Waals surface area (Å²) in [5, 5.41) is 31.0. The summed E-state index contributed by atoms with van der Waals surface area (Å²) in [6.07, 6.45) is -3.80. The number of aliphatic hydroxyl groups excluding tert-OH is 2. The largest absolute Gasteiger partial charge is 2.00 e. The molecule has 4 atom stereocenters. The Hall–Kier alpha value is -1.41. The van der Waals surface area contributed by atoms with E-state index < -0.39 is 52.6 Å². The Morgan fingerprint density at radius 3 is 2.34 bits per heavy atom. The van der Waals surface area contributed by atoms with Crippen LogP contribution >= 0.6 is 0 Å². The van der Waals surface area contributed by atoms with Crippen molar-refractivity contribution < 1.29 is 37.7 Å². The number of rotatable bonds is 10. The van der Waals surface area contributed by atoms with Gasteiger partial charge < -0.3 is 24.9 Å². The van der Waals surface area contributed by atoms with E-state index >= 15 is 0 Å². The molecule has 0 bridgehead atoms. The number of ether oxygens (including phenoxy) is 1. The number of aliphatic hydroxyl groups is 2. The zero-order valence-corrected chi connectivity index (χ0v) is 22.9. The van der Waals surface area contributed by atoms with Crippen molar-refractivity contribution in [2.75, 3.05) is 17.6 Å². The molecular weight excluding hydrogens is 509 g/mol. The molecule has 13 heteroatoms. The normalized spacial score (nSPS) is 19.1. The van der Waals surface area contributed by atoms with Crippen LogP contribution in [0.25, 0.3) is 11.3 Å². The van der Waals surface area contributed by atoms with Crippen LogP contribution in [0, 0.1) is 5.82 Å². The Morgan fingerprint density at radius 2 is 1.83 bits per heavy atom. The fourth-order valence-corrected chi connectivity index (χ4v) is 4.03. The third kappa shape index (κ3) is 7.31. The number of hydrogen-bond acceptors (Lipinski definition) is 9. The van der Waals surface area contributed by atoms with E-state index in [1.54, 1.807) is 0 Å². The summed E-state index contributed by atoms with van der Waals surface area (Å²) in [6, 6.07) is 5.47. The van der Waals surface area contributed by atoms with E-state index in [2.05, 4.69) is 9.97 Å². The van der Waals surface area contributed by atoms with E-state index in [0.717, 1.165) is 10.6 Å². The second kappa shape index (κ2) is 11.8. The third-order valence-corrected chi connectivity index (χ3v) is 6.67. The van der Waals surface area contributed by atoms with Gasteiger partial charge in [0.05, 0.1) is 29.9 Å². The molecule has 1 aromatic heterocycles. The summed E-state index contributed by atoms with van der Waals surface area (Å²) in [5.74, 6) is -2.17. The van der Waals surface area contributed by atoms with Gasteiger partial charge in [-0.25, -0.2) is 27.1 Å². The number of benzene rings is 1. The number of epoxide rings is 1. The van der Waals surface area contributed by atoms with E-state index in [1.807, 2.05) is 13.8 Å². The van der Waals surface area contributed by atoms with Crippen molar-refractivity contribution in [3.05, 3.63) is 41.3 Å². The zero-order valence-electron chi connectivity index (χ0n) is 19.9. The maximum Gasteiger partial charge on any atom is 2.00 e. The van der Waals surface area contributed by atoms with Crippen molar-refractivity contribution in [3.63, 3.8) is 0 Å². The van der Waals surface area contributed by atoms with Gasteiger partial charge in [-0.3, -0.25) is 0 Å². The molecule has 1 saturated heterocycles. The Kier molecular flexibility index (Phi) is 10.0. The average Bonchev–Trinajstić information content (AvgIpc) is 3.52. The molecule has 2 heterocycles. The van der Waals surface area contributed by atoms with Crippen LogP contribution < -0.4 is 9.41 Å². The van der Waals surface area contributed by atoms with Crippen LogP contribution in [0.4, 0.5) is 10.3 Å². The zero-order chi connectivity index (χ0) is 25.4. The average molecular weight is 537 g/mol. The number of carboxylic acids is 1. The van der Waals surface area contributed by atoms with Crippen molar-refractivity contribution in [1.82, 2.24) is 9.97 Å². The molecule has 0 amide bonds. The summed E-state index contributed by atoms with van der Waals surface area (Å²) in [7, 11) is -2.35. The number of hydrogen-bond donors (Lipinski definition) is 2. The minimum atomic E-state index is -3.67. The molecule has 1 aliphatic heterocycles. The molecule has 0 spiro atoms. The summed E-state index contributed by atoms with van der Waals surface area (Å²) < 4.78 is 44.5. The Morgan fingerprint density at radius 1 is 1.23 bits per heavy atom. The first-order chi connectivity index (χ1) is 15.8. The molecule has 35 heavy (non-hydrogen) atoms. The SMILES string of the molecule is CC(C)c1nc(N(C)S(C)(=O)=O)nc(-c2ccc(F)cc2)c1C1OC1[C@@H](O)C[C@@H](O)CC(=O)[O-].[Ca+2]. The summed E-state index contributed by atoms with van der Waals surface area (Å²) in [6.45, 7) is 3.70. The summed E-state index contributed by atoms with van der Waals surface area (Å²) >= 11 is 0. The fraction of sp³-hybridized carbons (Fsp3) is 0.500. The van der Waals surface area contributed by atoms with Gasteiger partial charge in [-0.2, -0.15) is 0 Å². The van der Waals surface area contributed by atoms with Crippen LogP contribution in [0.2, 0.25) is 0 Å². The van der Waals surface area contributed by atoms with Crippen LogP contribution in [0.15, 0.2) is 24.3 Å². The van der Waals surface area contributed by atoms with Gasteiger partial charge in [0, 0.05) is 37.0 Å². The molecule has 1 aliphatic rings. The summed E-state index contributed by atoms with van der Waals surface area (Å²) in [5.41, 5.74) is 1.80. The first-order valence-electron chi connectivity index (χ1n) is 10.6. The van der Waals surface area contributed by atoms with Crippen molar-refractivity contribution in [3.8, 4) is 11.3 Å². The number of carboxylic acid groups (broad SMARTS) is 1. The third-order valence-electron chi connectivity index (χ3n) is 5.51. The van der Waals surface area contributed by atoms with Crippen molar-refractivity contribution >= 4 is 59.7 Å². The Bertz CT molecular complexity index is 1160. The molecule has 2 aromatic rings. The predicted octanol–water partition coefficient (Wildman–Crippen LogP) is 0.113. The van der Waals surface area contributed by atoms with Gasteiger partial charge in [0.25, 0.3) is 0 Å². The molecule has 10 nitrogen and oxygen atoms in total. The number of anilines is 1. The molecule has 1 fully saturated rings. The Balaban J connectivity index is 0.00000432. The molecule has 2 N–H and O–H groups in total. The van der Waals surface area contributed by atoms with Crippen LogP contribution in [0.5, 0.6) is 0 Å². The molecule has 2 unspecified atom stereocenters. The summed E-state index contributed by atoms with van der Waals surface area (Å²) in [4.78, 5) is 19.6. The number of halogens is 1. The molecule has 186 valence electrons. The van der Waals surface area contributed by atoms with Gasteiger partial charge in [-0.15, -0.1) is 0 Å². The monoisotopic (exact) mass is 536 g/mol. The molecule has 3 rings (SSSR count). The maximum absolute atomic E-state index is 13.6. The van der Waals surface area contributed by atoms with Crippen molar-refractivity contribution in [2.24, 2.45) is 0 Å². The van der Waals surface area contributed by atoms with Gasteiger partial charge in [-0.05, 0) is 30.2 Å². The van der Waals surface area contributed by atoms with Gasteiger partial charge in [0.15, 0.2) is 0 Å². The van der Waals surface area contributed by atoms with E-state index in [0.29, 0.717) is 22.5 Å². The van der Waals surface area contributed by atoms with Crippen LogP contribution in [0.3, 0.4) is 0 Å². The number of sulfonamides is 1. The van der Waals surface area contributed by atoms with E-state index in [4.69, 9.17) is 4.74 Å². The van der Waals surface area contributed by atoms with Gasteiger partial charge >= 0.3 is 37.7 Å². The van der Waals surface area contributed by atoms with E-state index in [1.165, 1.54) is 31.3 Å². The standard InChI is InChI=1S/C22H28FN3O7S.Ca/c1-11(2)18-17(21-20(33-21)15(28)9-14(27)10-16(29)30)19(12-5-7-13(23)8-6-12)25-22(24-18)26(3)34(4,31)32;/h5-8,11,14-15,20-21,27-28H,9-10H2,1-4H3,(H,29,30);/q;+2/p-1/t14-,15+,20?,21?;/m1./s1. The molecular formula is C22H27CaFN3O7S+. The second-order valence-electron chi connectivity index (χ2n) is 8.62. The smallest absolute Gasteiger partial charge is 0.550 e. The minimum absolute atomic E-state index is 0. The molecule has 0 aliphatic carbocycles. The fourth-order valence-electron chi connectivity index (χ4n) is 3.65. The number of carbonyl (C=O) groups excluding carboxylic acids is 1. The first-order valence-corrected chi connectivity index (χ1v) is 12.5. The maximum atomic E-state index is 13.6. The molecule has 0 radical (unpaired) electrons.